The zero-order chi connectivity index (χ0) is 12.4. The summed E-state index contributed by atoms with van der Waals surface area (Å²) in [6, 6.07) is 10.6. The van der Waals surface area contributed by atoms with Crippen molar-refractivity contribution in [2.24, 2.45) is 0 Å². The van der Waals surface area contributed by atoms with Gasteiger partial charge in [-0.3, -0.25) is 0 Å². The SMILES string of the molecule is Cc1cc(Cl)c(N)cc1Oc1ccc(Cl)cc1. The zero-order valence-corrected chi connectivity index (χ0v) is 10.7. The van der Waals surface area contributed by atoms with E-state index in [9.17, 15) is 0 Å². The monoisotopic (exact) mass is 267 g/mol. The minimum atomic E-state index is 0.501. The lowest BCUT2D eigenvalue weighted by Crippen LogP contribution is -1.92. The summed E-state index contributed by atoms with van der Waals surface area (Å²) in [4.78, 5) is 0. The van der Waals surface area contributed by atoms with Crippen LogP contribution in [0.4, 0.5) is 5.69 Å². The summed E-state index contributed by atoms with van der Waals surface area (Å²) in [5.41, 5.74) is 7.17. The molecule has 88 valence electrons. The van der Waals surface area contributed by atoms with E-state index in [1.54, 1.807) is 36.4 Å². The minimum Gasteiger partial charge on any atom is -0.457 e. The molecule has 0 unspecified atom stereocenters. The maximum Gasteiger partial charge on any atom is 0.132 e. The van der Waals surface area contributed by atoms with Gasteiger partial charge >= 0.3 is 0 Å². The second-order valence-corrected chi connectivity index (χ2v) is 4.54. The number of nitrogens with two attached hydrogens (primary N) is 1. The fourth-order valence-electron chi connectivity index (χ4n) is 1.41. The van der Waals surface area contributed by atoms with Crippen molar-refractivity contribution in [1.82, 2.24) is 0 Å². The Labute approximate surface area is 110 Å². The van der Waals surface area contributed by atoms with E-state index in [0.29, 0.717) is 27.2 Å². The predicted octanol–water partition coefficient (Wildman–Crippen LogP) is 4.68. The third kappa shape index (κ3) is 2.84. The first-order valence-corrected chi connectivity index (χ1v) is 5.81. The van der Waals surface area contributed by atoms with Crippen LogP contribution in [0.5, 0.6) is 11.5 Å². The van der Waals surface area contributed by atoms with E-state index in [0.717, 1.165) is 5.56 Å². The Morgan fingerprint density at radius 3 is 2.35 bits per heavy atom. The molecule has 0 atom stereocenters. The van der Waals surface area contributed by atoms with Gasteiger partial charge in [-0.2, -0.15) is 0 Å². The van der Waals surface area contributed by atoms with E-state index in [1.807, 2.05) is 6.92 Å². The lowest BCUT2D eigenvalue weighted by atomic mass is 10.2. The molecule has 2 N–H and O–H groups in total. The van der Waals surface area contributed by atoms with E-state index in [1.165, 1.54) is 0 Å². The fraction of sp³-hybridized carbons (Fsp3) is 0.0769. The second kappa shape index (κ2) is 4.86. The number of anilines is 1. The summed E-state index contributed by atoms with van der Waals surface area (Å²) in [5.74, 6) is 1.40. The van der Waals surface area contributed by atoms with E-state index in [-0.39, 0.29) is 0 Å². The Bertz CT molecular complexity index is 538. The lowest BCUT2D eigenvalue weighted by molar-refractivity contribution is 0.479. The zero-order valence-electron chi connectivity index (χ0n) is 9.21. The average molecular weight is 268 g/mol. The highest BCUT2D eigenvalue weighted by atomic mass is 35.5. The van der Waals surface area contributed by atoms with Gasteiger partial charge in [-0.1, -0.05) is 23.2 Å². The van der Waals surface area contributed by atoms with Gasteiger partial charge in [0.05, 0.1) is 10.7 Å². The first kappa shape index (κ1) is 12.1. The minimum absolute atomic E-state index is 0.501. The Kier molecular flexibility index (Phi) is 3.46. The Morgan fingerprint density at radius 1 is 1.06 bits per heavy atom. The number of ether oxygens (including phenoxy) is 1. The molecule has 0 radical (unpaired) electrons. The van der Waals surface area contributed by atoms with Gasteiger partial charge in [0.2, 0.25) is 0 Å². The molecule has 0 aliphatic carbocycles. The van der Waals surface area contributed by atoms with Crippen molar-refractivity contribution in [2.75, 3.05) is 5.73 Å². The standard InChI is InChI=1S/C13H11Cl2NO/c1-8-6-11(15)12(16)7-13(8)17-10-4-2-9(14)3-5-10/h2-7H,16H2,1H3. The highest BCUT2D eigenvalue weighted by Gasteiger charge is 2.05. The van der Waals surface area contributed by atoms with Crippen LogP contribution < -0.4 is 10.5 Å². The molecule has 0 aromatic heterocycles. The van der Waals surface area contributed by atoms with Crippen molar-refractivity contribution < 1.29 is 4.74 Å². The number of aryl methyl sites for hydroxylation is 1. The van der Waals surface area contributed by atoms with Crippen LogP contribution in [0.15, 0.2) is 36.4 Å². The maximum atomic E-state index is 5.91. The lowest BCUT2D eigenvalue weighted by Gasteiger charge is -2.10. The van der Waals surface area contributed by atoms with Gasteiger partial charge in [0.1, 0.15) is 11.5 Å². The highest BCUT2D eigenvalue weighted by molar-refractivity contribution is 6.33. The summed E-state index contributed by atoms with van der Waals surface area (Å²) in [7, 11) is 0. The van der Waals surface area contributed by atoms with Crippen LogP contribution in [0.1, 0.15) is 5.56 Å². The Balaban J connectivity index is 2.30. The number of rotatable bonds is 2. The van der Waals surface area contributed by atoms with Crippen molar-refractivity contribution in [3.05, 3.63) is 52.0 Å². The van der Waals surface area contributed by atoms with Crippen molar-refractivity contribution >= 4 is 28.9 Å². The van der Waals surface area contributed by atoms with Gasteiger partial charge in [-0.25, -0.2) is 0 Å². The second-order valence-electron chi connectivity index (χ2n) is 3.70. The van der Waals surface area contributed by atoms with Crippen molar-refractivity contribution in [2.45, 2.75) is 6.92 Å². The average Bonchev–Trinajstić information content (AvgIpc) is 2.29. The van der Waals surface area contributed by atoms with Gasteiger partial charge < -0.3 is 10.5 Å². The summed E-state index contributed by atoms with van der Waals surface area (Å²) >= 11 is 11.7. The molecule has 0 spiro atoms. The molecule has 2 aromatic carbocycles. The van der Waals surface area contributed by atoms with Gasteiger partial charge in [0.15, 0.2) is 0 Å². The number of nitrogen functional groups attached to an aromatic ring is 1. The summed E-state index contributed by atoms with van der Waals surface area (Å²) < 4.78 is 5.70. The van der Waals surface area contributed by atoms with Crippen LogP contribution in [0.2, 0.25) is 10.0 Å². The molecule has 0 bridgehead atoms. The van der Waals surface area contributed by atoms with Crippen molar-refractivity contribution in [3.8, 4) is 11.5 Å². The molecule has 0 saturated carbocycles. The number of hydrogen-bond acceptors (Lipinski definition) is 2. The Hall–Kier alpha value is -1.38. The molecular weight excluding hydrogens is 257 g/mol. The highest BCUT2D eigenvalue weighted by Crippen LogP contribution is 2.31. The van der Waals surface area contributed by atoms with Gasteiger partial charge in [0, 0.05) is 11.1 Å². The first-order chi connectivity index (χ1) is 8.06. The molecule has 0 aliphatic heterocycles. The van der Waals surface area contributed by atoms with E-state index >= 15 is 0 Å². The molecule has 0 amide bonds. The number of hydrogen-bond donors (Lipinski definition) is 1. The first-order valence-electron chi connectivity index (χ1n) is 5.05. The molecule has 0 heterocycles. The van der Waals surface area contributed by atoms with Crippen LogP contribution in [-0.2, 0) is 0 Å². The molecule has 0 aliphatic rings. The van der Waals surface area contributed by atoms with E-state index in [4.69, 9.17) is 33.7 Å². The third-order valence-electron chi connectivity index (χ3n) is 2.34. The summed E-state index contributed by atoms with van der Waals surface area (Å²) in [5, 5.41) is 1.20. The molecule has 2 aromatic rings. The topological polar surface area (TPSA) is 35.2 Å². The van der Waals surface area contributed by atoms with Gasteiger partial charge in [0.25, 0.3) is 0 Å². The van der Waals surface area contributed by atoms with Crippen molar-refractivity contribution in [3.63, 3.8) is 0 Å². The third-order valence-corrected chi connectivity index (χ3v) is 2.92. The van der Waals surface area contributed by atoms with Crippen LogP contribution in [0, 0.1) is 6.92 Å². The molecule has 0 saturated heterocycles. The molecule has 2 rings (SSSR count). The molecular formula is C13H11Cl2NO. The largest absolute Gasteiger partial charge is 0.457 e. The number of benzene rings is 2. The fourth-order valence-corrected chi connectivity index (χ4v) is 1.75. The quantitative estimate of drug-likeness (QED) is 0.803. The van der Waals surface area contributed by atoms with E-state index in [2.05, 4.69) is 0 Å². The smallest absolute Gasteiger partial charge is 0.132 e. The van der Waals surface area contributed by atoms with Crippen LogP contribution in [0.25, 0.3) is 0 Å². The predicted molar refractivity (Wildman–Crippen MR) is 72.1 cm³/mol. The summed E-state index contributed by atoms with van der Waals surface area (Å²) in [6.45, 7) is 1.91. The molecule has 0 fully saturated rings. The maximum absolute atomic E-state index is 5.91. The Morgan fingerprint density at radius 2 is 1.71 bits per heavy atom. The molecule has 17 heavy (non-hydrogen) atoms. The summed E-state index contributed by atoms with van der Waals surface area (Å²) in [6.07, 6.45) is 0. The normalized spacial score (nSPS) is 10.3. The van der Waals surface area contributed by atoms with Crippen LogP contribution in [-0.4, -0.2) is 0 Å². The van der Waals surface area contributed by atoms with Gasteiger partial charge in [-0.05, 0) is 42.8 Å². The molecule has 4 heteroatoms. The van der Waals surface area contributed by atoms with Crippen LogP contribution >= 0.6 is 23.2 Å². The molecule has 2 nitrogen and oxygen atoms in total. The van der Waals surface area contributed by atoms with Crippen LogP contribution in [0.3, 0.4) is 0 Å². The van der Waals surface area contributed by atoms with Gasteiger partial charge in [-0.15, -0.1) is 0 Å². The number of halogens is 2. The van der Waals surface area contributed by atoms with E-state index < -0.39 is 0 Å². The van der Waals surface area contributed by atoms with Crippen molar-refractivity contribution in [1.29, 1.82) is 0 Å².